The van der Waals surface area contributed by atoms with Gasteiger partial charge >= 0.3 is 0 Å². The zero-order valence-electron chi connectivity index (χ0n) is 15.3. The minimum atomic E-state index is -0.513. The average molecular weight is 403 g/mol. The number of halogens is 2. The van der Waals surface area contributed by atoms with Crippen molar-refractivity contribution in [2.75, 3.05) is 5.32 Å². The summed E-state index contributed by atoms with van der Waals surface area (Å²) in [5.74, 6) is -0.0228. The van der Waals surface area contributed by atoms with Crippen LogP contribution in [-0.4, -0.2) is 37.9 Å². The molecule has 0 aromatic carbocycles. The van der Waals surface area contributed by atoms with Crippen molar-refractivity contribution in [3.63, 3.8) is 0 Å². The lowest BCUT2D eigenvalue weighted by Crippen LogP contribution is -2.41. The maximum absolute atomic E-state index is 14.4. The molecule has 0 spiro atoms. The normalized spacial score (nSPS) is 19.5. The Morgan fingerprint density at radius 2 is 2.11 bits per heavy atom. The number of fused-ring (bicyclic) bond motifs is 1. The van der Waals surface area contributed by atoms with Crippen molar-refractivity contribution in [1.29, 1.82) is 0 Å². The van der Waals surface area contributed by atoms with Crippen molar-refractivity contribution in [3.8, 4) is 11.4 Å². The van der Waals surface area contributed by atoms with Crippen LogP contribution in [0, 0.1) is 5.82 Å². The molecule has 2 atom stereocenters. The number of nitrogens with zero attached hydrogens (tertiary/aromatic N) is 3. The van der Waals surface area contributed by atoms with Crippen LogP contribution in [0.15, 0.2) is 24.7 Å². The number of nitrogens with one attached hydrogen (secondary N) is 3. The number of pyridine rings is 1. The Hall–Kier alpha value is -2.74. The van der Waals surface area contributed by atoms with E-state index < -0.39 is 5.82 Å². The van der Waals surface area contributed by atoms with Gasteiger partial charge in [-0.1, -0.05) is 11.6 Å². The molecule has 9 heteroatoms. The highest BCUT2D eigenvalue weighted by Gasteiger charge is 2.24. The lowest BCUT2D eigenvalue weighted by atomic mass is 9.91. The Bertz CT molecular complexity index is 1020. The predicted octanol–water partition coefficient (Wildman–Crippen LogP) is 3.67. The highest BCUT2D eigenvalue weighted by molar-refractivity contribution is 6.31. The molecule has 0 aliphatic heterocycles. The molecular weight excluding hydrogens is 383 g/mol. The maximum atomic E-state index is 14.4. The number of H-pyrrole nitrogens is 1. The largest absolute Gasteiger partial charge is 0.365 e. The van der Waals surface area contributed by atoms with Crippen molar-refractivity contribution in [1.82, 2.24) is 25.3 Å². The minimum Gasteiger partial charge on any atom is -0.365 e. The number of carbonyl (C=O) groups is 1. The maximum Gasteiger partial charge on any atom is 0.217 e. The van der Waals surface area contributed by atoms with Gasteiger partial charge in [-0.2, -0.15) is 0 Å². The summed E-state index contributed by atoms with van der Waals surface area (Å²) < 4.78 is 14.4. The van der Waals surface area contributed by atoms with E-state index in [4.69, 9.17) is 11.6 Å². The number of hydrogen-bond donors (Lipinski definition) is 3. The summed E-state index contributed by atoms with van der Waals surface area (Å²) in [4.78, 5) is 27.1. The molecule has 7 nitrogen and oxygen atoms in total. The standard InChI is InChI=1S/C19H20ClFN6O/c1-10(28)25-12-3-2-4-13(6-12)26-19-16(21)9-24-18(27-19)15-8-23-17-14(15)5-11(20)7-22-17/h5,7-9,12-13H,2-4,6H2,1H3,(H,22,23)(H,25,28)(H,24,26,27)/t12-,13-/m0/s1. The molecule has 4 rings (SSSR count). The van der Waals surface area contributed by atoms with Crippen molar-refractivity contribution in [2.24, 2.45) is 0 Å². The third kappa shape index (κ3) is 3.91. The molecule has 0 radical (unpaired) electrons. The summed E-state index contributed by atoms with van der Waals surface area (Å²) in [5.41, 5.74) is 1.36. The van der Waals surface area contributed by atoms with Gasteiger partial charge in [0.15, 0.2) is 17.5 Å². The molecule has 1 aliphatic carbocycles. The first-order valence-electron chi connectivity index (χ1n) is 9.19. The zero-order chi connectivity index (χ0) is 19.7. The first kappa shape index (κ1) is 18.6. The molecule has 0 unspecified atom stereocenters. The van der Waals surface area contributed by atoms with Crippen LogP contribution < -0.4 is 10.6 Å². The van der Waals surface area contributed by atoms with Crippen LogP contribution in [0.4, 0.5) is 10.2 Å². The SMILES string of the molecule is CC(=O)N[C@H]1CCC[C@H](Nc2nc(-c3c[nH]c4ncc(Cl)cc34)ncc2F)C1. The summed E-state index contributed by atoms with van der Waals surface area (Å²) in [6.07, 6.45) is 7.95. The smallest absolute Gasteiger partial charge is 0.217 e. The van der Waals surface area contributed by atoms with Gasteiger partial charge in [0.05, 0.1) is 11.2 Å². The number of aromatic nitrogens is 4. The van der Waals surface area contributed by atoms with Gasteiger partial charge in [-0.25, -0.2) is 19.3 Å². The Labute approximate surface area is 166 Å². The van der Waals surface area contributed by atoms with E-state index >= 15 is 0 Å². The Morgan fingerprint density at radius 1 is 1.29 bits per heavy atom. The van der Waals surface area contributed by atoms with Crippen molar-refractivity contribution in [2.45, 2.75) is 44.7 Å². The molecule has 0 saturated heterocycles. The van der Waals surface area contributed by atoms with Crippen molar-refractivity contribution < 1.29 is 9.18 Å². The first-order valence-corrected chi connectivity index (χ1v) is 9.56. The van der Waals surface area contributed by atoms with Gasteiger partial charge in [-0.15, -0.1) is 0 Å². The van der Waals surface area contributed by atoms with E-state index in [0.717, 1.165) is 37.3 Å². The molecular formula is C19H20ClFN6O. The molecule has 3 N–H and O–H groups in total. The van der Waals surface area contributed by atoms with Crippen molar-refractivity contribution in [3.05, 3.63) is 35.5 Å². The minimum absolute atomic E-state index is 0.0296. The van der Waals surface area contributed by atoms with Crippen LogP contribution in [0.2, 0.25) is 5.02 Å². The Morgan fingerprint density at radius 3 is 2.93 bits per heavy atom. The average Bonchev–Trinajstić information content (AvgIpc) is 3.06. The molecule has 3 aromatic rings. The summed E-state index contributed by atoms with van der Waals surface area (Å²) in [6.45, 7) is 1.51. The molecule has 1 saturated carbocycles. The van der Waals surface area contributed by atoms with E-state index in [9.17, 15) is 9.18 Å². The third-order valence-corrected chi connectivity index (χ3v) is 5.11. The molecule has 1 fully saturated rings. The van der Waals surface area contributed by atoms with Crippen LogP contribution in [0.25, 0.3) is 22.4 Å². The number of hydrogen-bond acceptors (Lipinski definition) is 5. The summed E-state index contributed by atoms with van der Waals surface area (Å²) in [7, 11) is 0. The quantitative estimate of drug-likeness (QED) is 0.618. The van der Waals surface area contributed by atoms with E-state index in [0.29, 0.717) is 22.1 Å². The summed E-state index contributed by atoms with van der Waals surface area (Å²) in [5, 5.41) is 7.40. The lowest BCUT2D eigenvalue weighted by Gasteiger charge is -2.30. The Balaban J connectivity index is 1.59. The second-order valence-corrected chi connectivity index (χ2v) is 7.48. The zero-order valence-corrected chi connectivity index (χ0v) is 16.1. The molecule has 0 bridgehead atoms. The van der Waals surface area contributed by atoms with E-state index in [1.165, 1.54) is 6.92 Å². The second kappa shape index (κ2) is 7.71. The van der Waals surface area contributed by atoms with E-state index in [-0.39, 0.29) is 23.8 Å². The number of aromatic amines is 1. The number of amides is 1. The van der Waals surface area contributed by atoms with Crippen molar-refractivity contribution >= 4 is 34.4 Å². The first-order chi connectivity index (χ1) is 13.5. The fourth-order valence-corrected chi connectivity index (χ4v) is 3.85. The highest BCUT2D eigenvalue weighted by Crippen LogP contribution is 2.29. The molecule has 146 valence electrons. The second-order valence-electron chi connectivity index (χ2n) is 7.05. The fourth-order valence-electron chi connectivity index (χ4n) is 3.69. The predicted molar refractivity (Wildman–Crippen MR) is 106 cm³/mol. The summed E-state index contributed by atoms with van der Waals surface area (Å²) in [6, 6.07) is 1.89. The van der Waals surface area contributed by atoms with Crippen LogP contribution in [0.5, 0.6) is 0 Å². The summed E-state index contributed by atoms with van der Waals surface area (Å²) >= 11 is 6.05. The van der Waals surface area contributed by atoms with Gasteiger partial charge in [-0.3, -0.25) is 4.79 Å². The fraction of sp³-hybridized carbons (Fsp3) is 0.368. The Kier molecular flexibility index (Phi) is 5.13. The topological polar surface area (TPSA) is 95.6 Å². The van der Waals surface area contributed by atoms with Gasteiger partial charge < -0.3 is 15.6 Å². The number of carbonyl (C=O) groups excluding carboxylic acids is 1. The molecule has 1 aliphatic rings. The van der Waals surface area contributed by atoms with Gasteiger partial charge in [0, 0.05) is 42.4 Å². The van der Waals surface area contributed by atoms with Gasteiger partial charge in [0.1, 0.15) is 5.65 Å². The van der Waals surface area contributed by atoms with Gasteiger partial charge in [0.25, 0.3) is 0 Å². The van der Waals surface area contributed by atoms with Gasteiger partial charge in [0.2, 0.25) is 5.91 Å². The molecule has 1 amide bonds. The van der Waals surface area contributed by atoms with Crippen LogP contribution in [0.3, 0.4) is 0 Å². The van der Waals surface area contributed by atoms with Gasteiger partial charge in [-0.05, 0) is 31.7 Å². The van der Waals surface area contributed by atoms with E-state index in [1.54, 1.807) is 18.5 Å². The number of anilines is 1. The molecule has 3 aromatic heterocycles. The molecule has 28 heavy (non-hydrogen) atoms. The van der Waals surface area contributed by atoms with Crippen LogP contribution in [0.1, 0.15) is 32.6 Å². The highest BCUT2D eigenvalue weighted by atomic mass is 35.5. The van der Waals surface area contributed by atoms with Crippen LogP contribution >= 0.6 is 11.6 Å². The van der Waals surface area contributed by atoms with E-state index in [2.05, 4.69) is 30.6 Å². The monoisotopic (exact) mass is 402 g/mol. The van der Waals surface area contributed by atoms with E-state index in [1.807, 2.05) is 0 Å². The molecule has 3 heterocycles. The lowest BCUT2D eigenvalue weighted by molar-refractivity contribution is -0.119. The third-order valence-electron chi connectivity index (χ3n) is 4.91. The van der Waals surface area contributed by atoms with Crippen LogP contribution in [-0.2, 0) is 4.79 Å². The number of rotatable bonds is 4.